The van der Waals surface area contributed by atoms with Crippen molar-refractivity contribution in [2.75, 3.05) is 25.0 Å². The summed E-state index contributed by atoms with van der Waals surface area (Å²) in [6.07, 6.45) is 2.77. The van der Waals surface area contributed by atoms with Crippen molar-refractivity contribution < 1.29 is 4.79 Å². The van der Waals surface area contributed by atoms with Gasteiger partial charge < -0.3 is 10.2 Å². The number of amides is 1. The Bertz CT molecular complexity index is 442. The molecule has 1 aromatic rings. The van der Waals surface area contributed by atoms with Crippen LogP contribution in [0.5, 0.6) is 0 Å². The maximum absolute atomic E-state index is 12.5. The lowest BCUT2D eigenvalue weighted by atomic mass is 10.00. The van der Waals surface area contributed by atoms with Gasteiger partial charge in [0.25, 0.3) is 0 Å². The monoisotopic (exact) mass is 244 g/mol. The molecule has 0 radical (unpaired) electrons. The molecule has 0 fully saturated rings. The Kier molecular flexibility index (Phi) is 4.03. The summed E-state index contributed by atoms with van der Waals surface area (Å²) in [5.41, 5.74) is 2.21. The summed E-state index contributed by atoms with van der Waals surface area (Å²) in [7, 11) is 0. The van der Waals surface area contributed by atoms with E-state index in [0.717, 1.165) is 24.2 Å². The summed E-state index contributed by atoms with van der Waals surface area (Å²) >= 11 is 0. The molecule has 0 saturated carbocycles. The molecule has 18 heavy (non-hydrogen) atoms. The Balaban J connectivity index is 2.16. The number of hydrogen-bond acceptors (Lipinski definition) is 2. The van der Waals surface area contributed by atoms with Crippen LogP contribution in [-0.2, 0) is 4.79 Å². The van der Waals surface area contributed by atoms with Crippen molar-refractivity contribution in [1.82, 2.24) is 4.90 Å². The first kappa shape index (κ1) is 12.7. The standard InChI is InChI=1S/C15H20N2O/c1-3-9-17(10-4-2)15(18)13-11-16-14-8-6-5-7-12(13)14/h3,5-8,13,16H,1,4,9-11H2,2H3. The number of hydrogen-bond donors (Lipinski definition) is 1. The Morgan fingerprint density at radius 1 is 1.56 bits per heavy atom. The number of anilines is 1. The normalized spacial score (nSPS) is 16.8. The van der Waals surface area contributed by atoms with E-state index in [0.29, 0.717) is 13.1 Å². The van der Waals surface area contributed by atoms with Gasteiger partial charge in [0, 0.05) is 25.3 Å². The summed E-state index contributed by atoms with van der Waals surface area (Å²) in [6, 6.07) is 8.05. The Morgan fingerprint density at radius 3 is 3.06 bits per heavy atom. The third kappa shape index (κ3) is 2.40. The molecule has 1 aliphatic heterocycles. The predicted octanol–water partition coefficient (Wildman–Crippen LogP) is 2.62. The second-order valence-corrected chi connectivity index (χ2v) is 4.59. The van der Waals surface area contributed by atoms with E-state index in [-0.39, 0.29) is 11.8 Å². The van der Waals surface area contributed by atoms with Crippen molar-refractivity contribution in [1.29, 1.82) is 0 Å². The second kappa shape index (κ2) is 5.71. The van der Waals surface area contributed by atoms with Crippen molar-refractivity contribution in [3.63, 3.8) is 0 Å². The molecule has 1 heterocycles. The van der Waals surface area contributed by atoms with E-state index in [1.807, 2.05) is 29.2 Å². The van der Waals surface area contributed by atoms with Gasteiger partial charge in [-0.3, -0.25) is 4.79 Å². The minimum Gasteiger partial charge on any atom is -0.384 e. The average Bonchev–Trinajstić information content (AvgIpc) is 2.81. The van der Waals surface area contributed by atoms with Crippen LogP contribution in [0.1, 0.15) is 24.8 Å². The molecule has 1 amide bonds. The van der Waals surface area contributed by atoms with Crippen LogP contribution in [0, 0.1) is 0 Å². The zero-order valence-electron chi connectivity index (χ0n) is 10.9. The summed E-state index contributed by atoms with van der Waals surface area (Å²) in [5.74, 6) is 0.155. The van der Waals surface area contributed by atoms with E-state index in [2.05, 4.69) is 18.8 Å². The maximum atomic E-state index is 12.5. The number of nitrogens with zero attached hydrogens (tertiary/aromatic N) is 1. The van der Waals surface area contributed by atoms with E-state index in [4.69, 9.17) is 0 Å². The zero-order chi connectivity index (χ0) is 13.0. The minimum absolute atomic E-state index is 0.0484. The fraction of sp³-hybridized carbons (Fsp3) is 0.400. The highest BCUT2D eigenvalue weighted by Crippen LogP contribution is 2.32. The summed E-state index contributed by atoms with van der Waals surface area (Å²) in [6.45, 7) is 7.94. The lowest BCUT2D eigenvalue weighted by Crippen LogP contribution is -2.36. The van der Waals surface area contributed by atoms with Crippen LogP contribution in [0.2, 0.25) is 0 Å². The highest BCUT2D eigenvalue weighted by molar-refractivity contribution is 5.88. The topological polar surface area (TPSA) is 32.3 Å². The molecule has 1 aliphatic rings. The Labute approximate surface area is 108 Å². The van der Waals surface area contributed by atoms with Gasteiger partial charge in [-0.25, -0.2) is 0 Å². The van der Waals surface area contributed by atoms with Gasteiger partial charge in [-0.15, -0.1) is 6.58 Å². The SMILES string of the molecule is C=CCN(CCC)C(=O)C1CNc2ccccc21. The molecule has 0 spiro atoms. The number of rotatable bonds is 5. The molecule has 1 N–H and O–H groups in total. The molecule has 0 aromatic heterocycles. The molecular formula is C15H20N2O. The van der Waals surface area contributed by atoms with Crippen molar-refractivity contribution in [2.45, 2.75) is 19.3 Å². The van der Waals surface area contributed by atoms with Crippen molar-refractivity contribution in [3.05, 3.63) is 42.5 Å². The van der Waals surface area contributed by atoms with Crippen LogP contribution in [0.4, 0.5) is 5.69 Å². The molecule has 2 rings (SSSR count). The molecule has 0 aliphatic carbocycles. The van der Waals surface area contributed by atoms with Gasteiger partial charge in [0.05, 0.1) is 5.92 Å². The van der Waals surface area contributed by atoms with Gasteiger partial charge in [0.15, 0.2) is 0 Å². The van der Waals surface area contributed by atoms with Gasteiger partial charge in [0.1, 0.15) is 0 Å². The molecule has 3 heteroatoms. The Morgan fingerprint density at radius 2 is 2.33 bits per heavy atom. The predicted molar refractivity (Wildman–Crippen MR) is 74.7 cm³/mol. The molecule has 0 bridgehead atoms. The van der Waals surface area contributed by atoms with E-state index in [1.165, 1.54) is 0 Å². The van der Waals surface area contributed by atoms with E-state index >= 15 is 0 Å². The molecule has 96 valence electrons. The molecule has 1 aromatic carbocycles. The van der Waals surface area contributed by atoms with Gasteiger partial charge in [-0.05, 0) is 18.1 Å². The molecular weight excluding hydrogens is 224 g/mol. The van der Waals surface area contributed by atoms with Crippen molar-refractivity contribution in [3.8, 4) is 0 Å². The third-order valence-electron chi connectivity index (χ3n) is 3.29. The number of nitrogens with one attached hydrogen (secondary N) is 1. The van der Waals surface area contributed by atoms with Crippen LogP contribution in [0.15, 0.2) is 36.9 Å². The molecule has 1 atom stereocenters. The quantitative estimate of drug-likeness (QED) is 0.808. The summed E-state index contributed by atoms with van der Waals surface area (Å²) in [4.78, 5) is 14.4. The maximum Gasteiger partial charge on any atom is 0.232 e. The van der Waals surface area contributed by atoms with Crippen LogP contribution in [-0.4, -0.2) is 30.4 Å². The minimum atomic E-state index is -0.0484. The van der Waals surface area contributed by atoms with E-state index in [1.54, 1.807) is 6.08 Å². The molecule has 0 saturated heterocycles. The molecule has 1 unspecified atom stereocenters. The fourth-order valence-corrected chi connectivity index (χ4v) is 2.44. The average molecular weight is 244 g/mol. The van der Waals surface area contributed by atoms with Crippen LogP contribution >= 0.6 is 0 Å². The van der Waals surface area contributed by atoms with E-state index < -0.39 is 0 Å². The zero-order valence-corrected chi connectivity index (χ0v) is 10.9. The van der Waals surface area contributed by atoms with Gasteiger partial charge in [0.2, 0.25) is 5.91 Å². The van der Waals surface area contributed by atoms with E-state index in [9.17, 15) is 4.79 Å². The van der Waals surface area contributed by atoms with Crippen LogP contribution < -0.4 is 5.32 Å². The van der Waals surface area contributed by atoms with Crippen molar-refractivity contribution >= 4 is 11.6 Å². The lowest BCUT2D eigenvalue weighted by molar-refractivity contribution is -0.131. The second-order valence-electron chi connectivity index (χ2n) is 4.59. The first-order valence-electron chi connectivity index (χ1n) is 6.50. The van der Waals surface area contributed by atoms with Crippen molar-refractivity contribution in [2.24, 2.45) is 0 Å². The smallest absolute Gasteiger partial charge is 0.232 e. The summed E-state index contributed by atoms with van der Waals surface area (Å²) < 4.78 is 0. The summed E-state index contributed by atoms with van der Waals surface area (Å²) in [5, 5.41) is 3.30. The van der Waals surface area contributed by atoms with Gasteiger partial charge in [-0.1, -0.05) is 31.2 Å². The number of carbonyl (C=O) groups excluding carboxylic acids is 1. The largest absolute Gasteiger partial charge is 0.384 e. The highest BCUT2D eigenvalue weighted by atomic mass is 16.2. The third-order valence-corrected chi connectivity index (χ3v) is 3.29. The number of para-hydroxylation sites is 1. The molecule has 3 nitrogen and oxygen atoms in total. The Hall–Kier alpha value is -1.77. The number of fused-ring (bicyclic) bond motifs is 1. The number of benzene rings is 1. The lowest BCUT2D eigenvalue weighted by Gasteiger charge is -2.23. The first-order chi connectivity index (χ1) is 8.77. The highest BCUT2D eigenvalue weighted by Gasteiger charge is 2.30. The first-order valence-corrected chi connectivity index (χ1v) is 6.50. The van der Waals surface area contributed by atoms with Crippen LogP contribution in [0.3, 0.4) is 0 Å². The van der Waals surface area contributed by atoms with Gasteiger partial charge in [-0.2, -0.15) is 0 Å². The van der Waals surface area contributed by atoms with Gasteiger partial charge >= 0.3 is 0 Å². The number of carbonyl (C=O) groups is 1. The van der Waals surface area contributed by atoms with Crippen LogP contribution in [0.25, 0.3) is 0 Å². The fourth-order valence-electron chi connectivity index (χ4n) is 2.44.